The Balaban J connectivity index is 5.09. The number of thioether (sulfide) groups is 1. The van der Waals surface area contributed by atoms with E-state index in [-0.39, 0.29) is 6.42 Å². The molecule has 156 valence electrons. The Morgan fingerprint density at radius 2 is 1.52 bits per heavy atom. The fraction of sp³-hybridized carbons (Fsp3) is 0.733. The first-order chi connectivity index (χ1) is 12.5. The van der Waals surface area contributed by atoms with E-state index in [1.165, 1.54) is 25.6 Å². The van der Waals surface area contributed by atoms with E-state index in [0.717, 1.165) is 0 Å². The number of carboxylic acids is 1. The zero-order chi connectivity index (χ0) is 21.1. The van der Waals surface area contributed by atoms with Gasteiger partial charge in [0.2, 0.25) is 17.7 Å². The quantitative estimate of drug-likeness (QED) is 0.176. The van der Waals surface area contributed by atoms with Gasteiger partial charge >= 0.3 is 5.97 Å². The summed E-state index contributed by atoms with van der Waals surface area (Å²) in [5.41, 5.74) is 5.47. The lowest BCUT2D eigenvalue weighted by Crippen LogP contribution is -2.59. The number of nitrogens with two attached hydrogens (primary N) is 1. The summed E-state index contributed by atoms with van der Waals surface area (Å²) in [7, 11) is 0. The third kappa shape index (κ3) is 9.04. The molecule has 0 aromatic rings. The van der Waals surface area contributed by atoms with Gasteiger partial charge in [0.1, 0.15) is 12.1 Å². The van der Waals surface area contributed by atoms with Crippen molar-refractivity contribution in [2.75, 3.05) is 18.6 Å². The van der Waals surface area contributed by atoms with E-state index in [4.69, 9.17) is 10.8 Å². The van der Waals surface area contributed by atoms with E-state index in [9.17, 15) is 29.4 Å². The van der Waals surface area contributed by atoms with E-state index < -0.39 is 60.6 Å². The van der Waals surface area contributed by atoms with E-state index in [0.29, 0.717) is 5.75 Å². The van der Waals surface area contributed by atoms with Crippen molar-refractivity contribution in [3.63, 3.8) is 0 Å². The number of aliphatic hydroxyl groups excluding tert-OH is 2. The maximum atomic E-state index is 12.4. The molecule has 0 aromatic carbocycles. The topological polar surface area (TPSA) is 191 Å². The number of aliphatic carboxylic acids is 1. The SMILES string of the molecule is CSCCC(NC(=O)C(C)N)C(=O)NC(CO)C(=O)NC(C(=O)O)C(C)O. The minimum absolute atomic E-state index is 0.261. The molecule has 0 rings (SSSR count). The molecular formula is C15H28N4O7S. The fourth-order valence-corrected chi connectivity index (χ4v) is 2.39. The molecule has 0 aliphatic rings. The van der Waals surface area contributed by atoms with Gasteiger partial charge in [0.15, 0.2) is 6.04 Å². The minimum Gasteiger partial charge on any atom is -0.480 e. The van der Waals surface area contributed by atoms with Gasteiger partial charge < -0.3 is 37.0 Å². The highest BCUT2D eigenvalue weighted by Gasteiger charge is 2.31. The Hall–Kier alpha value is -1.89. The zero-order valence-electron chi connectivity index (χ0n) is 15.5. The number of carbonyl (C=O) groups is 4. The molecule has 0 bridgehead atoms. The lowest BCUT2D eigenvalue weighted by molar-refractivity contribution is -0.145. The Kier molecular flexibility index (Phi) is 11.6. The minimum atomic E-state index is -1.60. The van der Waals surface area contributed by atoms with Crippen molar-refractivity contribution in [3.05, 3.63) is 0 Å². The van der Waals surface area contributed by atoms with Crippen molar-refractivity contribution in [2.45, 2.75) is 50.5 Å². The third-order valence-corrected chi connectivity index (χ3v) is 4.16. The van der Waals surface area contributed by atoms with Crippen molar-refractivity contribution in [1.82, 2.24) is 16.0 Å². The normalized spacial score (nSPS) is 16.4. The number of amides is 3. The second-order valence-electron chi connectivity index (χ2n) is 5.94. The van der Waals surface area contributed by atoms with Gasteiger partial charge in [-0.25, -0.2) is 4.79 Å². The highest BCUT2D eigenvalue weighted by molar-refractivity contribution is 7.98. The number of carbonyl (C=O) groups excluding carboxylic acids is 3. The van der Waals surface area contributed by atoms with E-state index in [1.54, 1.807) is 0 Å². The summed E-state index contributed by atoms with van der Waals surface area (Å²) >= 11 is 1.44. The Morgan fingerprint density at radius 3 is 1.93 bits per heavy atom. The molecule has 0 heterocycles. The number of nitrogens with one attached hydrogen (secondary N) is 3. The van der Waals surface area contributed by atoms with Crippen LogP contribution in [0, 0.1) is 0 Å². The molecule has 0 spiro atoms. The van der Waals surface area contributed by atoms with Gasteiger partial charge in [0, 0.05) is 0 Å². The molecule has 5 atom stereocenters. The van der Waals surface area contributed by atoms with E-state index >= 15 is 0 Å². The molecule has 0 aliphatic heterocycles. The van der Waals surface area contributed by atoms with Crippen LogP contribution >= 0.6 is 11.8 Å². The summed E-state index contributed by atoms with van der Waals surface area (Å²) in [5.74, 6) is -3.20. The van der Waals surface area contributed by atoms with Gasteiger partial charge in [-0.1, -0.05) is 0 Å². The number of hydrogen-bond donors (Lipinski definition) is 7. The highest BCUT2D eigenvalue weighted by Crippen LogP contribution is 2.03. The van der Waals surface area contributed by atoms with E-state index in [1.807, 2.05) is 11.6 Å². The van der Waals surface area contributed by atoms with Crippen molar-refractivity contribution < 1.29 is 34.5 Å². The maximum Gasteiger partial charge on any atom is 0.328 e. The van der Waals surface area contributed by atoms with Gasteiger partial charge in [-0.2, -0.15) is 11.8 Å². The molecule has 8 N–H and O–H groups in total. The van der Waals surface area contributed by atoms with Crippen LogP contribution in [0.3, 0.4) is 0 Å². The van der Waals surface area contributed by atoms with Gasteiger partial charge in [-0.15, -0.1) is 0 Å². The molecule has 0 saturated heterocycles. The van der Waals surface area contributed by atoms with Crippen LogP contribution in [0.4, 0.5) is 0 Å². The third-order valence-electron chi connectivity index (χ3n) is 3.52. The molecule has 3 amide bonds. The summed E-state index contributed by atoms with van der Waals surface area (Å²) < 4.78 is 0. The molecular weight excluding hydrogens is 380 g/mol. The van der Waals surface area contributed by atoms with Gasteiger partial charge in [-0.05, 0) is 32.3 Å². The average Bonchev–Trinajstić information content (AvgIpc) is 2.59. The number of aliphatic hydroxyl groups is 2. The summed E-state index contributed by atoms with van der Waals surface area (Å²) in [4.78, 5) is 47.3. The van der Waals surface area contributed by atoms with Crippen LogP contribution in [0.5, 0.6) is 0 Å². The van der Waals surface area contributed by atoms with Crippen molar-refractivity contribution in [1.29, 1.82) is 0 Å². The maximum absolute atomic E-state index is 12.4. The van der Waals surface area contributed by atoms with Gasteiger partial charge in [0.05, 0.1) is 18.8 Å². The molecule has 11 nitrogen and oxygen atoms in total. The second-order valence-corrected chi connectivity index (χ2v) is 6.93. The molecule has 0 saturated carbocycles. The molecule has 5 unspecified atom stereocenters. The predicted octanol–water partition coefficient (Wildman–Crippen LogP) is -3.00. The Labute approximate surface area is 161 Å². The highest BCUT2D eigenvalue weighted by atomic mass is 32.2. The molecule has 0 fully saturated rings. The summed E-state index contributed by atoms with van der Waals surface area (Å²) in [6, 6.07) is -4.88. The van der Waals surface area contributed by atoms with Gasteiger partial charge in [0.25, 0.3) is 0 Å². The Bertz CT molecular complexity index is 530. The monoisotopic (exact) mass is 408 g/mol. The number of hydrogen-bond acceptors (Lipinski definition) is 8. The summed E-state index contributed by atoms with van der Waals surface area (Å²) in [6.45, 7) is 1.82. The Morgan fingerprint density at radius 1 is 1.00 bits per heavy atom. The first-order valence-electron chi connectivity index (χ1n) is 8.22. The van der Waals surface area contributed by atoms with Crippen LogP contribution in [-0.4, -0.2) is 87.9 Å². The van der Waals surface area contributed by atoms with E-state index in [2.05, 4.69) is 10.6 Å². The number of carboxylic acid groups (broad SMARTS) is 1. The van der Waals surface area contributed by atoms with Crippen LogP contribution in [0.2, 0.25) is 0 Å². The van der Waals surface area contributed by atoms with Crippen molar-refractivity contribution >= 4 is 35.5 Å². The predicted molar refractivity (Wildman–Crippen MR) is 98.8 cm³/mol. The molecule has 0 aromatic heterocycles. The molecule has 0 radical (unpaired) electrons. The van der Waals surface area contributed by atoms with Crippen LogP contribution in [0.1, 0.15) is 20.3 Å². The van der Waals surface area contributed by atoms with Crippen molar-refractivity contribution in [2.24, 2.45) is 5.73 Å². The molecule has 0 aliphatic carbocycles. The lowest BCUT2D eigenvalue weighted by Gasteiger charge is -2.24. The van der Waals surface area contributed by atoms with Crippen LogP contribution in [-0.2, 0) is 19.2 Å². The molecule has 27 heavy (non-hydrogen) atoms. The standard InChI is InChI=1S/C15H28N4O7S/c1-7(16)12(22)17-9(4-5-27-3)13(23)18-10(6-20)14(24)19-11(8(2)21)15(25)26/h7-11,20-21H,4-6,16H2,1-3H3,(H,17,22)(H,18,23)(H,19,24)(H,25,26). The second kappa shape index (κ2) is 12.5. The van der Waals surface area contributed by atoms with Crippen LogP contribution in [0.25, 0.3) is 0 Å². The van der Waals surface area contributed by atoms with Crippen LogP contribution in [0.15, 0.2) is 0 Å². The number of rotatable bonds is 12. The van der Waals surface area contributed by atoms with Gasteiger partial charge in [-0.3, -0.25) is 14.4 Å². The lowest BCUT2D eigenvalue weighted by atomic mass is 10.1. The smallest absolute Gasteiger partial charge is 0.328 e. The first kappa shape index (κ1) is 25.1. The summed E-state index contributed by atoms with van der Waals surface area (Å²) in [6.07, 6.45) is 0.687. The fourth-order valence-electron chi connectivity index (χ4n) is 1.92. The summed E-state index contributed by atoms with van der Waals surface area (Å²) in [5, 5.41) is 34.5. The largest absolute Gasteiger partial charge is 0.480 e. The van der Waals surface area contributed by atoms with Crippen molar-refractivity contribution in [3.8, 4) is 0 Å². The first-order valence-corrected chi connectivity index (χ1v) is 9.61. The average molecular weight is 408 g/mol. The van der Waals surface area contributed by atoms with Crippen LogP contribution < -0.4 is 21.7 Å². The molecule has 12 heteroatoms. The zero-order valence-corrected chi connectivity index (χ0v) is 16.3.